The fourth-order valence-electron chi connectivity index (χ4n) is 2.62. The van der Waals surface area contributed by atoms with Gasteiger partial charge >= 0.3 is 6.09 Å². The Bertz CT molecular complexity index is 782. The van der Waals surface area contributed by atoms with Crippen LogP contribution in [0.5, 0.6) is 5.75 Å². The summed E-state index contributed by atoms with van der Waals surface area (Å²) >= 11 is 0. The van der Waals surface area contributed by atoms with Crippen molar-refractivity contribution in [2.75, 3.05) is 7.11 Å². The molecule has 0 aliphatic carbocycles. The van der Waals surface area contributed by atoms with E-state index < -0.39 is 17.7 Å². The average Bonchev–Trinajstić information content (AvgIpc) is 2.65. The van der Waals surface area contributed by atoms with Crippen LogP contribution in [0.15, 0.2) is 54.6 Å². The number of carbonyl (C=O) groups is 2. The molecule has 0 aliphatic heterocycles. The predicted molar refractivity (Wildman–Crippen MR) is 108 cm³/mol. The van der Waals surface area contributed by atoms with Gasteiger partial charge in [-0.05, 0) is 51.0 Å². The molecule has 6 heteroatoms. The number of hydrogen-bond acceptors (Lipinski definition) is 4. The Kier molecular flexibility index (Phi) is 7.04. The first kappa shape index (κ1) is 21.3. The van der Waals surface area contributed by atoms with Crippen molar-refractivity contribution in [3.8, 4) is 5.75 Å². The fourth-order valence-corrected chi connectivity index (χ4v) is 2.62. The van der Waals surface area contributed by atoms with E-state index in [0.29, 0.717) is 0 Å². The molecule has 0 radical (unpaired) electrons. The van der Waals surface area contributed by atoms with Gasteiger partial charge in [-0.15, -0.1) is 0 Å². The summed E-state index contributed by atoms with van der Waals surface area (Å²) in [5.74, 6) is 0.428. The molecular weight excluding hydrogens is 356 g/mol. The molecule has 2 atom stereocenters. The molecule has 0 saturated heterocycles. The molecule has 2 N–H and O–H groups in total. The van der Waals surface area contributed by atoms with Crippen molar-refractivity contribution < 1.29 is 19.1 Å². The van der Waals surface area contributed by atoms with Crippen molar-refractivity contribution in [3.63, 3.8) is 0 Å². The van der Waals surface area contributed by atoms with Crippen LogP contribution in [-0.2, 0) is 9.53 Å². The first-order valence-corrected chi connectivity index (χ1v) is 9.18. The zero-order valence-electron chi connectivity index (χ0n) is 17.0. The van der Waals surface area contributed by atoms with E-state index in [9.17, 15) is 9.59 Å². The van der Waals surface area contributed by atoms with Gasteiger partial charge in [-0.3, -0.25) is 4.79 Å². The summed E-state index contributed by atoms with van der Waals surface area (Å²) in [5.41, 5.74) is 1.21. The number of amides is 2. The van der Waals surface area contributed by atoms with Crippen molar-refractivity contribution >= 4 is 12.0 Å². The summed E-state index contributed by atoms with van der Waals surface area (Å²) in [6.07, 6.45) is -0.629. The summed E-state index contributed by atoms with van der Waals surface area (Å²) in [7, 11) is 1.61. The van der Waals surface area contributed by atoms with Gasteiger partial charge in [0, 0.05) is 0 Å². The first-order chi connectivity index (χ1) is 13.2. The second kappa shape index (κ2) is 9.26. The molecule has 0 bridgehead atoms. The fraction of sp³-hybridized carbons (Fsp3) is 0.364. The molecule has 0 spiro atoms. The second-order valence-electron chi connectivity index (χ2n) is 7.49. The highest BCUT2D eigenvalue weighted by atomic mass is 16.6. The molecule has 150 valence electrons. The molecule has 0 aliphatic rings. The average molecular weight is 384 g/mol. The molecule has 0 heterocycles. The van der Waals surface area contributed by atoms with E-state index in [0.717, 1.165) is 16.9 Å². The van der Waals surface area contributed by atoms with E-state index in [2.05, 4.69) is 10.6 Å². The Morgan fingerprint density at radius 2 is 1.46 bits per heavy atom. The number of hydrogen-bond donors (Lipinski definition) is 2. The first-order valence-electron chi connectivity index (χ1n) is 9.18. The van der Waals surface area contributed by atoms with Crippen molar-refractivity contribution in [3.05, 3.63) is 65.7 Å². The van der Waals surface area contributed by atoms with Crippen molar-refractivity contribution in [1.82, 2.24) is 10.6 Å². The maximum atomic E-state index is 12.7. The Hall–Kier alpha value is -3.02. The van der Waals surface area contributed by atoms with Crippen LogP contribution >= 0.6 is 0 Å². The van der Waals surface area contributed by atoms with Crippen LogP contribution in [0, 0.1) is 0 Å². The van der Waals surface area contributed by atoms with Crippen LogP contribution < -0.4 is 15.4 Å². The summed E-state index contributed by atoms with van der Waals surface area (Å²) in [4.78, 5) is 24.7. The predicted octanol–water partition coefficient (Wildman–Crippen LogP) is 3.81. The van der Waals surface area contributed by atoms with Crippen LogP contribution in [0.4, 0.5) is 4.79 Å². The van der Waals surface area contributed by atoms with Crippen LogP contribution in [0.2, 0.25) is 0 Å². The molecule has 2 amide bonds. The monoisotopic (exact) mass is 384 g/mol. The molecular formula is C22H28N2O4. The molecule has 2 rings (SSSR count). The second-order valence-corrected chi connectivity index (χ2v) is 7.49. The maximum absolute atomic E-state index is 12.7. The number of alkyl carbamates (subject to hydrolysis) is 1. The third-order valence-corrected chi connectivity index (χ3v) is 4.00. The molecule has 1 unspecified atom stereocenters. The van der Waals surface area contributed by atoms with Crippen molar-refractivity contribution in [2.24, 2.45) is 0 Å². The Morgan fingerprint density at radius 1 is 0.893 bits per heavy atom. The lowest BCUT2D eigenvalue weighted by atomic mass is 9.98. The Balaban J connectivity index is 2.15. The minimum Gasteiger partial charge on any atom is -0.497 e. The lowest BCUT2D eigenvalue weighted by Crippen LogP contribution is -2.47. The minimum atomic E-state index is -0.751. The molecule has 6 nitrogen and oxygen atoms in total. The summed E-state index contributed by atoms with van der Waals surface area (Å²) < 4.78 is 10.4. The third-order valence-electron chi connectivity index (χ3n) is 4.00. The van der Waals surface area contributed by atoms with Gasteiger partial charge in [0.2, 0.25) is 5.91 Å². The van der Waals surface area contributed by atoms with Gasteiger partial charge < -0.3 is 20.1 Å². The highest BCUT2D eigenvalue weighted by Crippen LogP contribution is 2.24. The molecule has 2 aromatic rings. The van der Waals surface area contributed by atoms with E-state index in [4.69, 9.17) is 9.47 Å². The number of nitrogens with one attached hydrogen (secondary N) is 2. The van der Waals surface area contributed by atoms with Gasteiger partial charge in [0.1, 0.15) is 17.4 Å². The maximum Gasteiger partial charge on any atom is 0.408 e. The highest BCUT2D eigenvalue weighted by molar-refractivity contribution is 5.85. The Morgan fingerprint density at radius 3 is 2.00 bits per heavy atom. The van der Waals surface area contributed by atoms with E-state index in [1.54, 1.807) is 34.8 Å². The summed E-state index contributed by atoms with van der Waals surface area (Å²) in [6, 6.07) is 16.0. The van der Waals surface area contributed by atoms with Crippen LogP contribution in [0.25, 0.3) is 0 Å². The number of ether oxygens (including phenoxy) is 2. The van der Waals surface area contributed by atoms with Gasteiger partial charge in [0.15, 0.2) is 0 Å². The zero-order valence-corrected chi connectivity index (χ0v) is 17.0. The van der Waals surface area contributed by atoms with E-state index in [-0.39, 0.29) is 11.9 Å². The van der Waals surface area contributed by atoms with Gasteiger partial charge in [-0.25, -0.2) is 4.79 Å². The van der Waals surface area contributed by atoms with Crippen LogP contribution in [0.1, 0.15) is 44.9 Å². The van der Waals surface area contributed by atoms with Gasteiger partial charge in [-0.2, -0.15) is 0 Å². The summed E-state index contributed by atoms with van der Waals surface area (Å²) in [6.45, 7) is 6.93. The number of carbonyl (C=O) groups excluding carboxylic acids is 2. The minimum absolute atomic E-state index is 0.310. The van der Waals surface area contributed by atoms with Gasteiger partial charge in [0.05, 0.1) is 13.2 Å². The van der Waals surface area contributed by atoms with Gasteiger partial charge in [-0.1, -0.05) is 42.5 Å². The molecule has 0 saturated carbocycles. The van der Waals surface area contributed by atoms with E-state index >= 15 is 0 Å². The standard InChI is InChI=1S/C22H28N2O4/c1-15(23-21(26)28-22(2,3)4)20(25)24-19(16-9-7-6-8-10-16)17-11-13-18(27-5)14-12-17/h6-15,19H,1-5H3,(H,23,26)(H,24,25)/t15-,19?/m1/s1. The number of methoxy groups -OCH3 is 1. The van der Waals surface area contributed by atoms with Crippen molar-refractivity contribution in [1.29, 1.82) is 0 Å². The van der Waals surface area contributed by atoms with Crippen LogP contribution in [0.3, 0.4) is 0 Å². The third kappa shape index (κ3) is 6.30. The Labute approximate surface area is 166 Å². The lowest BCUT2D eigenvalue weighted by Gasteiger charge is -2.24. The molecule has 2 aromatic carbocycles. The number of benzene rings is 2. The number of rotatable bonds is 6. The van der Waals surface area contributed by atoms with Crippen LogP contribution in [-0.4, -0.2) is 30.8 Å². The van der Waals surface area contributed by atoms with Gasteiger partial charge in [0.25, 0.3) is 0 Å². The zero-order chi connectivity index (χ0) is 20.7. The van der Waals surface area contributed by atoms with Crippen molar-refractivity contribution in [2.45, 2.75) is 45.4 Å². The van der Waals surface area contributed by atoms with E-state index in [1.165, 1.54) is 0 Å². The molecule has 0 fully saturated rings. The largest absolute Gasteiger partial charge is 0.497 e. The normalized spacial score (nSPS) is 13.2. The SMILES string of the molecule is COc1ccc(C(NC(=O)[C@@H](C)NC(=O)OC(C)(C)C)c2ccccc2)cc1. The highest BCUT2D eigenvalue weighted by Gasteiger charge is 2.24. The lowest BCUT2D eigenvalue weighted by molar-refractivity contribution is -0.123. The smallest absolute Gasteiger partial charge is 0.408 e. The molecule has 0 aromatic heterocycles. The quantitative estimate of drug-likeness (QED) is 0.794. The van der Waals surface area contributed by atoms with E-state index in [1.807, 2.05) is 54.6 Å². The topological polar surface area (TPSA) is 76.7 Å². The summed E-state index contributed by atoms with van der Waals surface area (Å²) in [5, 5.41) is 5.57. The molecule has 28 heavy (non-hydrogen) atoms.